The summed E-state index contributed by atoms with van der Waals surface area (Å²) < 4.78 is 4.79. The SMILES string of the molecule is CC1(C)c2ccccc2-c2ccc(-n3c4ccccc4c4ccc(-c5cc(Cl)cc(-c6ccc7c(c6)c6ccccc6n7-c6ccccc6)c5)cc43)cc21. The van der Waals surface area contributed by atoms with Crippen LogP contribution >= 0.6 is 11.6 Å². The van der Waals surface area contributed by atoms with Crippen molar-refractivity contribution in [2.45, 2.75) is 19.3 Å². The molecule has 0 saturated heterocycles. The Morgan fingerprint density at radius 2 is 0.944 bits per heavy atom. The summed E-state index contributed by atoms with van der Waals surface area (Å²) in [5.74, 6) is 0. The molecule has 0 bridgehead atoms. The first-order valence-electron chi connectivity index (χ1n) is 18.6. The molecule has 1 aliphatic carbocycles. The fourth-order valence-corrected chi connectivity index (χ4v) is 9.43. The summed E-state index contributed by atoms with van der Waals surface area (Å²) >= 11 is 6.97. The van der Waals surface area contributed by atoms with Crippen molar-refractivity contribution >= 4 is 55.2 Å². The molecule has 10 aromatic rings. The molecule has 0 spiro atoms. The van der Waals surface area contributed by atoms with Gasteiger partial charge in [0.25, 0.3) is 0 Å². The Kier molecular flexibility index (Phi) is 6.69. The highest BCUT2D eigenvalue weighted by Crippen LogP contribution is 2.49. The molecule has 11 rings (SSSR count). The summed E-state index contributed by atoms with van der Waals surface area (Å²) in [6, 6.07) is 64.0. The van der Waals surface area contributed by atoms with E-state index in [9.17, 15) is 0 Å². The zero-order valence-electron chi connectivity index (χ0n) is 30.0. The van der Waals surface area contributed by atoms with Crippen molar-refractivity contribution in [1.29, 1.82) is 0 Å². The van der Waals surface area contributed by atoms with Gasteiger partial charge in [0.05, 0.1) is 22.1 Å². The number of aromatic nitrogens is 2. The highest BCUT2D eigenvalue weighted by atomic mass is 35.5. The maximum atomic E-state index is 6.97. The van der Waals surface area contributed by atoms with E-state index in [1.54, 1.807) is 0 Å². The van der Waals surface area contributed by atoms with Gasteiger partial charge in [0.1, 0.15) is 0 Å². The van der Waals surface area contributed by atoms with Crippen LogP contribution in [-0.4, -0.2) is 9.13 Å². The number of para-hydroxylation sites is 3. The van der Waals surface area contributed by atoms with Crippen molar-refractivity contribution < 1.29 is 0 Å². The molecule has 54 heavy (non-hydrogen) atoms. The topological polar surface area (TPSA) is 9.86 Å². The van der Waals surface area contributed by atoms with Gasteiger partial charge in [0, 0.05) is 43.4 Å². The van der Waals surface area contributed by atoms with E-state index in [-0.39, 0.29) is 5.41 Å². The predicted molar refractivity (Wildman–Crippen MR) is 229 cm³/mol. The van der Waals surface area contributed by atoms with Crippen LogP contribution in [0.3, 0.4) is 0 Å². The first-order valence-corrected chi connectivity index (χ1v) is 19.0. The molecule has 0 aliphatic heterocycles. The number of hydrogen-bond acceptors (Lipinski definition) is 0. The molecule has 2 nitrogen and oxygen atoms in total. The lowest BCUT2D eigenvalue weighted by molar-refractivity contribution is 0.660. The number of hydrogen-bond donors (Lipinski definition) is 0. The average Bonchev–Trinajstić information content (AvgIpc) is 3.80. The largest absolute Gasteiger partial charge is 0.309 e. The van der Waals surface area contributed by atoms with Gasteiger partial charge in [-0.1, -0.05) is 129 Å². The van der Waals surface area contributed by atoms with Gasteiger partial charge in [-0.2, -0.15) is 0 Å². The molecule has 0 amide bonds. The van der Waals surface area contributed by atoms with Gasteiger partial charge in [-0.15, -0.1) is 0 Å². The normalized spacial score (nSPS) is 13.2. The Morgan fingerprint density at radius 1 is 0.370 bits per heavy atom. The lowest BCUT2D eigenvalue weighted by atomic mass is 9.82. The van der Waals surface area contributed by atoms with Gasteiger partial charge in [0.15, 0.2) is 0 Å². The van der Waals surface area contributed by atoms with Crippen molar-refractivity contribution in [1.82, 2.24) is 9.13 Å². The van der Waals surface area contributed by atoms with Crippen molar-refractivity contribution in [2.75, 3.05) is 0 Å². The zero-order chi connectivity index (χ0) is 36.1. The Bertz CT molecular complexity index is 3140. The molecule has 1 aliphatic rings. The highest BCUT2D eigenvalue weighted by Gasteiger charge is 2.35. The third kappa shape index (κ3) is 4.54. The van der Waals surface area contributed by atoms with Crippen molar-refractivity contribution in [3.63, 3.8) is 0 Å². The third-order valence-electron chi connectivity index (χ3n) is 11.8. The van der Waals surface area contributed by atoms with E-state index in [0.717, 1.165) is 33.0 Å². The van der Waals surface area contributed by atoms with Crippen LogP contribution in [0.4, 0.5) is 0 Å². The minimum atomic E-state index is -0.0808. The average molecular weight is 711 g/mol. The fourth-order valence-electron chi connectivity index (χ4n) is 9.19. The third-order valence-corrected chi connectivity index (χ3v) is 12.0. The van der Waals surface area contributed by atoms with Gasteiger partial charge >= 0.3 is 0 Å². The lowest BCUT2D eigenvalue weighted by Crippen LogP contribution is -2.15. The molecular formula is C51H35ClN2. The molecule has 2 aromatic heterocycles. The van der Waals surface area contributed by atoms with E-state index in [2.05, 4.69) is 199 Å². The van der Waals surface area contributed by atoms with Gasteiger partial charge in [-0.05, 0) is 117 Å². The van der Waals surface area contributed by atoms with E-state index in [4.69, 9.17) is 11.6 Å². The quantitative estimate of drug-likeness (QED) is 0.172. The highest BCUT2D eigenvalue weighted by molar-refractivity contribution is 6.31. The molecule has 2 heterocycles. The van der Waals surface area contributed by atoms with Crippen molar-refractivity contribution in [3.8, 4) is 44.8 Å². The number of halogens is 1. The van der Waals surface area contributed by atoms with Crippen LogP contribution in [0.1, 0.15) is 25.0 Å². The second kappa shape index (κ2) is 11.6. The summed E-state index contributed by atoms with van der Waals surface area (Å²) in [5.41, 5.74) is 16.9. The second-order valence-electron chi connectivity index (χ2n) is 15.1. The Balaban J connectivity index is 1.06. The minimum absolute atomic E-state index is 0.0808. The number of fused-ring (bicyclic) bond motifs is 9. The number of rotatable bonds is 4. The molecule has 0 atom stereocenters. The number of benzene rings is 8. The zero-order valence-corrected chi connectivity index (χ0v) is 30.8. The Labute approximate surface area is 319 Å². The van der Waals surface area contributed by atoms with E-state index in [0.29, 0.717) is 0 Å². The standard InChI is InChI=1S/C51H35ClN2/c1-51(2)45-17-9-6-14-39(45)40-24-22-38(31-46(40)51)54-47-18-10-7-15-41(47)43-23-20-33(30-50(43)54)35-26-34(27-36(52)28-35)32-21-25-49-44(29-32)42-16-8-11-19-48(42)53(49)37-12-4-3-5-13-37/h3-31H,1-2H3. The molecule has 256 valence electrons. The van der Waals surface area contributed by atoms with Crippen molar-refractivity contribution in [2.24, 2.45) is 0 Å². The Morgan fingerprint density at radius 3 is 1.72 bits per heavy atom. The van der Waals surface area contributed by atoms with E-state index in [1.165, 1.54) is 71.6 Å². The van der Waals surface area contributed by atoms with Crippen LogP contribution in [0.15, 0.2) is 176 Å². The van der Waals surface area contributed by atoms with Crippen LogP contribution in [0, 0.1) is 0 Å². The summed E-state index contributed by atoms with van der Waals surface area (Å²) in [5, 5.41) is 5.66. The predicted octanol–water partition coefficient (Wildman–Crippen LogP) is 14.2. The molecule has 8 aromatic carbocycles. The molecular weight excluding hydrogens is 676 g/mol. The molecule has 0 unspecified atom stereocenters. The van der Waals surface area contributed by atoms with E-state index >= 15 is 0 Å². The van der Waals surface area contributed by atoms with Gasteiger partial charge < -0.3 is 9.13 Å². The summed E-state index contributed by atoms with van der Waals surface area (Å²) in [6.07, 6.45) is 0. The first kappa shape index (κ1) is 31.2. The first-order chi connectivity index (χ1) is 26.4. The van der Waals surface area contributed by atoms with E-state index in [1.807, 2.05) is 0 Å². The molecule has 0 saturated carbocycles. The maximum absolute atomic E-state index is 6.97. The summed E-state index contributed by atoms with van der Waals surface area (Å²) in [6.45, 7) is 4.70. The van der Waals surface area contributed by atoms with Crippen LogP contribution in [0.2, 0.25) is 5.02 Å². The van der Waals surface area contributed by atoms with Gasteiger partial charge in [0.2, 0.25) is 0 Å². The van der Waals surface area contributed by atoms with Gasteiger partial charge in [-0.25, -0.2) is 0 Å². The fraction of sp³-hybridized carbons (Fsp3) is 0.0588. The monoisotopic (exact) mass is 710 g/mol. The van der Waals surface area contributed by atoms with E-state index < -0.39 is 0 Å². The van der Waals surface area contributed by atoms with Crippen LogP contribution in [0.25, 0.3) is 88.4 Å². The maximum Gasteiger partial charge on any atom is 0.0547 e. The smallest absolute Gasteiger partial charge is 0.0547 e. The van der Waals surface area contributed by atoms with Crippen LogP contribution < -0.4 is 0 Å². The van der Waals surface area contributed by atoms with Crippen LogP contribution in [-0.2, 0) is 5.41 Å². The lowest BCUT2D eigenvalue weighted by Gasteiger charge is -2.22. The molecule has 3 heteroatoms. The minimum Gasteiger partial charge on any atom is -0.309 e. The molecule has 0 radical (unpaired) electrons. The van der Waals surface area contributed by atoms with Crippen LogP contribution in [0.5, 0.6) is 0 Å². The van der Waals surface area contributed by atoms with Gasteiger partial charge in [-0.3, -0.25) is 0 Å². The second-order valence-corrected chi connectivity index (χ2v) is 15.6. The molecule has 0 fully saturated rings. The molecule has 0 N–H and O–H groups in total. The summed E-state index contributed by atoms with van der Waals surface area (Å²) in [7, 11) is 0. The van der Waals surface area contributed by atoms with Crippen molar-refractivity contribution in [3.05, 3.63) is 192 Å². The number of nitrogens with zero attached hydrogens (tertiary/aromatic N) is 2. The Hall–Kier alpha value is -6.35. The summed E-state index contributed by atoms with van der Waals surface area (Å²) in [4.78, 5) is 0.